The van der Waals surface area contributed by atoms with Gasteiger partial charge in [-0.1, -0.05) is 60.7 Å². The van der Waals surface area contributed by atoms with Gasteiger partial charge in [-0.15, -0.1) is 9.05 Å². The minimum Gasteiger partial charge on any atom is -0.566 e. The Bertz CT molecular complexity index is 586. The smallest absolute Gasteiger partial charge is 0.566 e. The Hall–Kier alpha value is -0.340. The quantitative estimate of drug-likeness (QED) is 0.408. The third kappa shape index (κ3) is 11.1. The van der Waals surface area contributed by atoms with Crippen LogP contribution in [-0.4, -0.2) is 48.0 Å². The fourth-order valence-corrected chi connectivity index (χ4v) is 2.09. The van der Waals surface area contributed by atoms with Gasteiger partial charge in [-0.3, -0.25) is 0 Å². The molecule has 0 aliphatic rings. The number of hydrogen-bond acceptors (Lipinski definition) is 8. The third-order valence-electron chi connectivity index (χ3n) is 2.54. The summed E-state index contributed by atoms with van der Waals surface area (Å²) in [6.45, 7) is 0. The van der Waals surface area contributed by atoms with Gasteiger partial charge in [0.05, 0.1) is 0 Å². The van der Waals surface area contributed by atoms with Gasteiger partial charge in [0.2, 0.25) is 12.6 Å². The Kier molecular flexibility index (Phi) is 13.6. The van der Waals surface area contributed by atoms with Crippen molar-refractivity contribution < 1.29 is 38.2 Å². The Balaban J connectivity index is 0.000000443. The molecule has 0 spiro atoms. The molecule has 0 aliphatic carbocycles. The zero-order chi connectivity index (χ0) is 17.9. The van der Waals surface area contributed by atoms with Crippen LogP contribution in [0.2, 0.25) is 0 Å². The van der Waals surface area contributed by atoms with Crippen LogP contribution in [-0.2, 0) is 18.2 Å². The summed E-state index contributed by atoms with van der Waals surface area (Å²) in [5.41, 5.74) is 0.827. The molecule has 2 N–H and O–H groups in total. The van der Waals surface area contributed by atoms with E-state index in [-0.39, 0.29) is 37.7 Å². The number of aliphatic hydroxyl groups excluding tert-OH is 2. The molecule has 0 aliphatic heterocycles. The van der Waals surface area contributed by atoms with E-state index < -0.39 is 29.1 Å². The molecule has 4 unspecified atom stereocenters. The zero-order valence-electron chi connectivity index (χ0n) is 12.9. The van der Waals surface area contributed by atoms with E-state index in [0.717, 1.165) is 0 Å². The Morgan fingerprint density at radius 3 is 1.24 bits per heavy atom. The van der Waals surface area contributed by atoms with Crippen molar-refractivity contribution in [2.45, 2.75) is 12.6 Å². The van der Waals surface area contributed by atoms with Crippen LogP contribution in [0.1, 0.15) is 23.7 Å². The number of benzene rings is 2. The SMILES string of the molecule is O=[P+]([O-])OC(O)c1ccccc1.O=[P+]([O-])OC(O)c1ccccc1.[Ca+2]. The topological polar surface area (TPSA) is 139 Å². The van der Waals surface area contributed by atoms with E-state index in [1.54, 1.807) is 60.7 Å². The van der Waals surface area contributed by atoms with Crippen LogP contribution < -0.4 is 9.79 Å². The predicted molar refractivity (Wildman–Crippen MR) is 85.9 cm³/mol. The van der Waals surface area contributed by atoms with Gasteiger partial charge >= 0.3 is 54.2 Å². The fourth-order valence-electron chi connectivity index (χ4n) is 1.52. The van der Waals surface area contributed by atoms with Crippen LogP contribution in [0.4, 0.5) is 0 Å². The van der Waals surface area contributed by atoms with Crippen molar-refractivity contribution in [2.75, 3.05) is 0 Å². The first-order chi connectivity index (χ1) is 11.4. The molecule has 0 heterocycles. The largest absolute Gasteiger partial charge is 2.00 e. The van der Waals surface area contributed by atoms with Gasteiger partial charge < -0.3 is 20.0 Å². The molecule has 0 aromatic heterocycles. The summed E-state index contributed by atoms with van der Waals surface area (Å²) in [4.78, 5) is 20.1. The van der Waals surface area contributed by atoms with Gasteiger partial charge in [-0.05, 0) is 9.13 Å². The molecule has 25 heavy (non-hydrogen) atoms. The van der Waals surface area contributed by atoms with Gasteiger partial charge in [0, 0.05) is 11.1 Å². The summed E-state index contributed by atoms with van der Waals surface area (Å²) < 4.78 is 28.4. The van der Waals surface area contributed by atoms with E-state index in [1.807, 2.05) is 0 Å². The van der Waals surface area contributed by atoms with Crippen LogP contribution in [0.3, 0.4) is 0 Å². The molecule has 2 aromatic rings. The minimum atomic E-state index is -3.01. The fraction of sp³-hybridized carbons (Fsp3) is 0.143. The maximum Gasteiger partial charge on any atom is 2.00 e. The van der Waals surface area contributed by atoms with Crippen molar-refractivity contribution in [1.29, 1.82) is 0 Å². The van der Waals surface area contributed by atoms with E-state index in [0.29, 0.717) is 11.1 Å². The molecule has 4 atom stereocenters. The van der Waals surface area contributed by atoms with Crippen molar-refractivity contribution >= 4 is 54.2 Å². The van der Waals surface area contributed by atoms with Crippen molar-refractivity contribution in [2.24, 2.45) is 0 Å². The van der Waals surface area contributed by atoms with E-state index in [1.165, 1.54) is 0 Å². The van der Waals surface area contributed by atoms with Crippen molar-refractivity contribution in [3.05, 3.63) is 71.8 Å². The van der Waals surface area contributed by atoms with Gasteiger partial charge in [0.1, 0.15) is 0 Å². The van der Waals surface area contributed by atoms with Crippen LogP contribution in [0.15, 0.2) is 60.7 Å². The Morgan fingerprint density at radius 2 is 1.00 bits per heavy atom. The molecule has 2 aromatic carbocycles. The van der Waals surface area contributed by atoms with Gasteiger partial charge in [0.25, 0.3) is 0 Å². The average molecular weight is 412 g/mol. The number of aliphatic hydroxyl groups is 2. The maximum absolute atomic E-state index is 10.0. The van der Waals surface area contributed by atoms with Crippen molar-refractivity contribution in [1.82, 2.24) is 0 Å². The normalized spacial score (nSPS) is 13.4. The van der Waals surface area contributed by atoms with Crippen LogP contribution in [0.25, 0.3) is 0 Å². The van der Waals surface area contributed by atoms with E-state index in [2.05, 4.69) is 9.05 Å². The zero-order valence-corrected chi connectivity index (χ0v) is 16.9. The van der Waals surface area contributed by atoms with Gasteiger partial charge in [-0.2, -0.15) is 0 Å². The minimum absolute atomic E-state index is 0. The van der Waals surface area contributed by atoms with Crippen molar-refractivity contribution in [3.63, 3.8) is 0 Å². The van der Waals surface area contributed by atoms with Crippen LogP contribution in [0, 0.1) is 0 Å². The van der Waals surface area contributed by atoms with Gasteiger partial charge in [0.15, 0.2) is 0 Å². The second-order valence-electron chi connectivity index (χ2n) is 4.18. The van der Waals surface area contributed by atoms with E-state index in [4.69, 9.17) is 10.2 Å². The molecule has 11 heteroatoms. The third-order valence-corrected chi connectivity index (χ3v) is 3.28. The van der Waals surface area contributed by atoms with Crippen molar-refractivity contribution in [3.8, 4) is 0 Å². The van der Waals surface area contributed by atoms with Crippen LogP contribution in [0.5, 0.6) is 0 Å². The summed E-state index contributed by atoms with van der Waals surface area (Å²) in [6.07, 6.45) is -2.79. The van der Waals surface area contributed by atoms with E-state index in [9.17, 15) is 18.9 Å². The maximum atomic E-state index is 10.0. The van der Waals surface area contributed by atoms with E-state index >= 15 is 0 Å². The molecule has 0 saturated carbocycles. The first-order valence-electron chi connectivity index (χ1n) is 6.48. The molecule has 8 nitrogen and oxygen atoms in total. The molecule has 0 fully saturated rings. The molecule has 128 valence electrons. The molecule has 2 rings (SSSR count). The standard InChI is InChI=1S/2C7H7O4P.Ca/c2*8-7(11-12(9)10)6-4-2-1-3-5-6;/h2*1-5,7-8H;/q;;+2. The monoisotopic (exact) mass is 412 g/mol. The number of rotatable bonds is 6. The summed E-state index contributed by atoms with van der Waals surface area (Å²) >= 11 is 0. The molecule has 0 amide bonds. The second kappa shape index (κ2) is 13.8. The Morgan fingerprint density at radius 1 is 0.720 bits per heavy atom. The summed E-state index contributed by atoms with van der Waals surface area (Å²) in [5, 5.41) is 18.2. The Labute approximate surface area is 176 Å². The van der Waals surface area contributed by atoms with Gasteiger partial charge in [-0.25, -0.2) is 0 Å². The molecule has 0 bridgehead atoms. The molecule has 0 saturated heterocycles. The van der Waals surface area contributed by atoms with Crippen LogP contribution >= 0.6 is 16.5 Å². The summed E-state index contributed by atoms with van der Waals surface area (Å²) in [7, 11) is -6.03. The number of hydrogen-bond donors (Lipinski definition) is 2. The molecular weight excluding hydrogens is 398 g/mol. The summed E-state index contributed by atoms with van der Waals surface area (Å²) in [5.74, 6) is 0. The molecule has 0 radical (unpaired) electrons. The second-order valence-corrected chi connectivity index (χ2v) is 5.50. The predicted octanol–water partition coefficient (Wildman–Crippen LogP) is 1.04. The molecular formula is C14H14CaO8P2+2. The first-order valence-corrected chi connectivity index (χ1v) is 8.67. The average Bonchev–Trinajstić information content (AvgIpc) is 2.56. The summed E-state index contributed by atoms with van der Waals surface area (Å²) in [6, 6.07) is 16.5. The first kappa shape index (κ1) is 24.7.